The van der Waals surface area contributed by atoms with Crippen LogP contribution in [0, 0.1) is 6.92 Å². The number of aryl methyl sites for hydroxylation is 1. The maximum Gasteiger partial charge on any atom is 0.267 e. The highest BCUT2D eigenvalue weighted by atomic mass is 16.2. The number of aromatic nitrogens is 2. The van der Waals surface area contributed by atoms with Crippen molar-refractivity contribution in [2.24, 2.45) is 0 Å². The van der Waals surface area contributed by atoms with Crippen molar-refractivity contribution in [2.75, 3.05) is 6.54 Å². The van der Waals surface area contributed by atoms with Crippen LogP contribution in [0.3, 0.4) is 0 Å². The minimum absolute atomic E-state index is 0.00704. The minimum atomic E-state index is -0.534. The molecule has 1 aromatic heterocycles. The van der Waals surface area contributed by atoms with Crippen LogP contribution in [0.5, 0.6) is 0 Å². The van der Waals surface area contributed by atoms with E-state index in [0.29, 0.717) is 0 Å². The zero-order valence-corrected chi connectivity index (χ0v) is 11.8. The van der Waals surface area contributed by atoms with E-state index >= 15 is 0 Å². The standard InChI is InChI=1S/C14H21N3O2/c1-10-7-8-13(18)17(15-10)12(3)14(19)16-9-5-4-6-11(16)2/h7-8,11-12H,4-6,9H2,1-3H3. The number of nitrogens with zero attached hydrogens (tertiary/aromatic N) is 3. The van der Waals surface area contributed by atoms with Crippen molar-refractivity contribution < 1.29 is 4.79 Å². The number of likely N-dealkylation sites (tertiary alicyclic amines) is 1. The van der Waals surface area contributed by atoms with Crippen LogP contribution in [-0.2, 0) is 4.79 Å². The van der Waals surface area contributed by atoms with E-state index in [1.165, 1.54) is 17.2 Å². The molecule has 1 aliphatic rings. The van der Waals surface area contributed by atoms with E-state index < -0.39 is 6.04 Å². The third-order valence-electron chi connectivity index (χ3n) is 3.77. The molecular formula is C14H21N3O2. The van der Waals surface area contributed by atoms with Gasteiger partial charge in [-0.3, -0.25) is 9.59 Å². The molecule has 0 aliphatic carbocycles. The molecule has 1 aromatic rings. The van der Waals surface area contributed by atoms with Crippen molar-refractivity contribution in [1.29, 1.82) is 0 Å². The zero-order valence-electron chi connectivity index (χ0n) is 11.8. The monoisotopic (exact) mass is 263 g/mol. The lowest BCUT2D eigenvalue weighted by Crippen LogP contribution is -2.46. The van der Waals surface area contributed by atoms with E-state index in [1.807, 2.05) is 11.8 Å². The number of rotatable bonds is 2. The quantitative estimate of drug-likeness (QED) is 0.812. The molecule has 2 heterocycles. The Labute approximate surface area is 113 Å². The van der Waals surface area contributed by atoms with Crippen molar-refractivity contribution >= 4 is 5.91 Å². The third kappa shape index (κ3) is 2.85. The summed E-state index contributed by atoms with van der Waals surface area (Å²) in [5, 5.41) is 4.17. The summed E-state index contributed by atoms with van der Waals surface area (Å²) >= 11 is 0. The van der Waals surface area contributed by atoms with Crippen LogP contribution in [0.25, 0.3) is 0 Å². The summed E-state index contributed by atoms with van der Waals surface area (Å²) in [5.41, 5.74) is 0.516. The van der Waals surface area contributed by atoms with Crippen LogP contribution in [-0.4, -0.2) is 33.2 Å². The first kappa shape index (κ1) is 13.8. The molecule has 19 heavy (non-hydrogen) atoms. The van der Waals surface area contributed by atoms with E-state index in [9.17, 15) is 9.59 Å². The summed E-state index contributed by atoms with van der Waals surface area (Å²) < 4.78 is 1.29. The molecule has 0 bridgehead atoms. The molecule has 5 nitrogen and oxygen atoms in total. The molecule has 1 fully saturated rings. The fourth-order valence-corrected chi connectivity index (χ4v) is 2.57. The molecule has 104 valence electrons. The average molecular weight is 263 g/mol. The van der Waals surface area contributed by atoms with E-state index in [1.54, 1.807) is 13.0 Å². The van der Waals surface area contributed by atoms with Crippen molar-refractivity contribution in [3.8, 4) is 0 Å². The molecule has 2 rings (SSSR count). The van der Waals surface area contributed by atoms with Crippen molar-refractivity contribution in [3.63, 3.8) is 0 Å². The summed E-state index contributed by atoms with van der Waals surface area (Å²) in [7, 11) is 0. The Morgan fingerprint density at radius 1 is 1.42 bits per heavy atom. The van der Waals surface area contributed by atoms with Gasteiger partial charge in [0, 0.05) is 18.7 Å². The first-order valence-corrected chi connectivity index (χ1v) is 6.87. The number of carbonyl (C=O) groups is 1. The first-order valence-electron chi connectivity index (χ1n) is 6.87. The molecule has 0 saturated carbocycles. The Morgan fingerprint density at radius 2 is 2.16 bits per heavy atom. The third-order valence-corrected chi connectivity index (χ3v) is 3.77. The van der Waals surface area contributed by atoms with Gasteiger partial charge in [-0.05, 0) is 46.1 Å². The fourth-order valence-electron chi connectivity index (χ4n) is 2.57. The second-order valence-electron chi connectivity index (χ2n) is 5.31. The van der Waals surface area contributed by atoms with Gasteiger partial charge < -0.3 is 4.90 Å². The lowest BCUT2D eigenvalue weighted by Gasteiger charge is -2.35. The Hall–Kier alpha value is -1.65. The van der Waals surface area contributed by atoms with Gasteiger partial charge in [-0.1, -0.05) is 0 Å². The summed E-state index contributed by atoms with van der Waals surface area (Å²) in [5.74, 6) is -0.00704. The molecule has 5 heteroatoms. The molecule has 0 N–H and O–H groups in total. The average Bonchev–Trinajstić information content (AvgIpc) is 2.40. The van der Waals surface area contributed by atoms with Crippen LogP contribution in [0.2, 0.25) is 0 Å². The zero-order chi connectivity index (χ0) is 14.0. The summed E-state index contributed by atoms with van der Waals surface area (Å²) in [6.07, 6.45) is 3.25. The highest BCUT2D eigenvalue weighted by Crippen LogP contribution is 2.19. The van der Waals surface area contributed by atoms with Crippen molar-refractivity contribution in [3.05, 3.63) is 28.2 Å². The first-order chi connectivity index (χ1) is 9.00. The lowest BCUT2D eigenvalue weighted by molar-refractivity contribution is -0.138. The summed E-state index contributed by atoms with van der Waals surface area (Å²) in [4.78, 5) is 26.2. The van der Waals surface area contributed by atoms with Crippen molar-refractivity contribution in [2.45, 2.75) is 52.1 Å². The summed E-state index contributed by atoms with van der Waals surface area (Å²) in [6, 6.07) is 2.85. The molecule has 1 amide bonds. The SMILES string of the molecule is Cc1ccc(=O)n(C(C)C(=O)N2CCCCC2C)n1. The molecule has 2 atom stereocenters. The largest absolute Gasteiger partial charge is 0.338 e. The molecule has 0 radical (unpaired) electrons. The molecule has 2 unspecified atom stereocenters. The van der Waals surface area contributed by atoms with Gasteiger partial charge in [0.1, 0.15) is 6.04 Å². The minimum Gasteiger partial charge on any atom is -0.338 e. The summed E-state index contributed by atoms with van der Waals surface area (Å²) in [6.45, 7) is 6.41. The number of hydrogen-bond donors (Lipinski definition) is 0. The molecule has 0 aromatic carbocycles. The van der Waals surface area contributed by atoms with E-state index in [2.05, 4.69) is 12.0 Å². The lowest BCUT2D eigenvalue weighted by atomic mass is 10.0. The van der Waals surface area contributed by atoms with E-state index in [0.717, 1.165) is 25.1 Å². The number of amides is 1. The van der Waals surface area contributed by atoms with Gasteiger partial charge in [0.2, 0.25) is 5.91 Å². The Bertz CT molecular complexity index is 524. The number of piperidine rings is 1. The van der Waals surface area contributed by atoms with Crippen LogP contribution in [0.15, 0.2) is 16.9 Å². The number of hydrogen-bond acceptors (Lipinski definition) is 3. The van der Waals surface area contributed by atoms with Gasteiger partial charge in [0.25, 0.3) is 5.56 Å². The van der Waals surface area contributed by atoms with E-state index in [4.69, 9.17) is 0 Å². The van der Waals surface area contributed by atoms with Gasteiger partial charge in [-0.15, -0.1) is 0 Å². The highest BCUT2D eigenvalue weighted by Gasteiger charge is 2.28. The maximum absolute atomic E-state index is 12.5. The van der Waals surface area contributed by atoms with Crippen molar-refractivity contribution in [1.82, 2.24) is 14.7 Å². The Morgan fingerprint density at radius 3 is 2.84 bits per heavy atom. The van der Waals surface area contributed by atoms with Gasteiger partial charge in [0.05, 0.1) is 5.69 Å². The van der Waals surface area contributed by atoms with Crippen LogP contribution < -0.4 is 5.56 Å². The van der Waals surface area contributed by atoms with Gasteiger partial charge in [-0.2, -0.15) is 5.10 Å². The molecule has 0 spiro atoms. The number of carbonyl (C=O) groups excluding carboxylic acids is 1. The smallest absolute Gasteiger partial charge is 0.267 e. The predicted molar refractivity (Wildman–Crippen MR) is 73.0 cm³/mol. The fraction of sp³-hybridized carbons (Fsp3) is 0.643. The Balaban J connectivity index is 2.23. The highest BCUT2D eigenvalue weighted by molar-refractivity contribution is 5.80. The van der Waals surface area contributed by atoms with Gasteiger partial charge in [-0.25, -0.2) is 4.68 Å². The van der Waals surface area contributed by atoms with Gasteiger partial charge >= 0.3 is 0 Å². The molecular weight excluding hydrogens is 242 g/mol. The maximum atomic E-state index is 12.5. The van der Waals surface area contributed by atoms with E-state index in [-0.39, 0.29) is 17.5 Å². The normalized spacial score (nSPS) is 21.2. The second kappa shape index (κ2) is 5.55. The Kier molecular flexibility index (Phi) is 4.02. The topological polar surface area (TPSA) is 55.2 Å². The molecule has 1 saturated heterocycles. The van der Waals surface area contributed by atoms with Gasteiger partial charge in [0.15, 0.2) is 0 Å². The molecule has 1 aliphatic heterocycles. The van der Waals surface area contributed by atoms with Crippen LogP contribution in [0.1, 0.15) is 44.8 Å². The predicted octanol–water partition coefficient (Wildman–Crippen LogP) is 1.51. The second-order valence-corrected chi connectivity index (χ2v) is 5.31. The van der Waals surface area contributed by atoms with Crippen LogP contribution in [0.4, 0.5) is 0 Å². The van der Waals surface area contributed by atoms with Crippen LogP contribution >= 0.6 is 0 Å².